The first-order valence-electron chi connectivity index (χ1n) is 7.29. The molecule has 1 fully saturated rings. The van der Waals surface area contributed by atoms with Crippen molar-refractivity contribution in [1.82, 2.24) is 4.90 Å². The Morgan fingerprint density at radius 3 is 2.85 bits per heavy atom. The molecular weight excluding hydrogens is 272 g/mol. The van der Waals surface area contributed by atoms with Crippen LogP contribution in [0, 0.1) is 5.92 Å². The maximum absolute atomic E-state index is 12.7. The summed E-state index contributed by atoms with van der Waals surface area (Å²) in [5.74, 6) is 1.06. The molecule has 1 aliphatic carbocycles. The van der Waals surface area contributed by atoms with Gasteiger partial charge in [0.2, 0.25) is 5.91 Å². The molecule has 1 aromatic rings. The number of fused-ring (bicyclic) bond motifs is 1. The summed E-state index contributed by atoms with van der Waals surface area (Å²) in [6.07, 6.45) is 3.06. The Bertz CT molecular complexity index is 491. The molecule has 1 amide bonds. The average molecular weight is 295 g/mol. The number of nitrogens with zero attached hydrogens (tertiary/aromatic N) is 1. The van der Waals surface area contributed by atoms with Crippen LogP contribution in [0.25, 0.3) is 0 Å². The molecular formula is C16H23ClN2O. The molecule has 2 aliphatic rings. The SMILES string of the molecule is CC1CCN(C(=O)C2Cc3ccccc32)C(CN)C1.Cl. The van der Waals surface area contributed by atoms with Crippen LogP contribution in [0.5, 0.6) is 0 Å². The smallest absolute Gasteiger partial charge is 0.230 e. The number of rotatable bonds is 2. The van der Waals surface area contributed by atoms with Crippen molar-refractivity contribution in [3.63, 3.8) is 0 Å². The van der Waals surface area contributed by atoms with Crippen molar-refractivity contribution in [3.8, 4) is 0 Å². The topological polar surface area (TPSA) is 46.3 Å². The number of nitrogens with two attached hydrogens (primary N) is 1. The zero-order valence-corrected chi connectivity index (χ0v) is 12.7. The van der Waals surface area contributed by atoms with Crippen LogP contribution in [-0.2, 0) is 11.2 Å². The number of piperidine rings is 1. The van der Waals surface area contributed by atoms with Gasteiger partial charge in [0, 0.05) is 19.1 Å². The summed E-state index contributed by atoms with van der Waals surface area (Å²) < 4.78 is 0. The van der Waals surface area contributed by atoms with E-state index < -0.39 is 0 Å². The van der Waals surface area contributed by atoms with Crippen molar-refractivity contribution in [1.29, 1.82) is 0 Å². The van der Waals surface area contributed by atoms with Gasteiger partial charge in [-0.3, -0.25) is 4.79 Å². The van der Waals surface area contributed by atoms with Crippen molar-refractivity contribution >= 4 is 18.3 Å². The van der Waals surface area contributed by atoms with Crippen LogP contribution in [0.4, 0.5) is 0 Å². The minimum atomic E-state index is 0. The zero-order valence-electron chi connectivity index (χ0n) is 11.9. The van der Waals surface area contributed by atoms with E-state index in [-0.39, 0.29) is 24.4 Å². The first-order valence-corrected chi connectivity index (χ1v) is 7.29. The monoisotopic (exact) mass is 294 g/mol. The molecule has 1 aromatic carbocycles. The minimum absolute atomic E-state index is 0. The van der Waals surface area contributed by atoms with Crippen LogP contribution in [0.1, 0.15) is 36.8 Å². The molecule has 1 saturated heterocycles. The Hall–Kier alpha value is -1.06. The molecule has 0 saturated carbocycles. The highest BCUT2D eigenvalue weighted by atomic mass is 35.5. The highest BCUT2D eigenvalue weighted by molar-refractivity contribution is 5.87. The standard InChI is InChI=1S/C16H22N2O.ClH/c1-11-6-7-18(13(8-11)10-17)16(19)15-9-12-4-2-3-5-14(12)15;/h2-5,11,13,15H,6-10,17H2,1H3;1H. The minimum Gasteiger partial charge on any atom is -0.338 e. The van der Waals surface area contributed by atoms with E-state index in [0.717, 1.165) is 25.8 Å². The summed E-state index contributed by atoms with van der Waals surface area (Å²) in [4.78, 5) is 14.7. The highest BCUT2D eigenvalue weighted by Crippen LogP contribution is 2.37. The summed E-state index contributed by atoms with van der Waals surface area (Å²) in [6, 6.07) is 8.52. The molecule has 0 aromatic heterocycles. The Labute approximate surface area is 126 Å². The van der Waals surface area contributed by atoms with Gasteiger partial charge in [-0.15, -0.1) is 12.4 Å². The summed E-state index contributed by atoms with van der Waals surface area (Å²) in [5.41, 5.74) is 8.41. The van der Waals surface area contributed by atoms with Gasteiger partial charge in [0.25, 0.3) is 0 Å². The molecule has 1 heterocycles. The van der Waals surface area contributed by atoms with E-state index in [4.69, 9.17) is 5.73 Å². The van der Waals surface area contributed by atoms with Crippen LogP contribution in [0.2, 0.25) is 0 Å². The van der Waals surface area contributed by atoms with Crippen LogP contribution in [0.3, 0.4) is 0 Å². The number of hydrogen-bond donors (Lipinski definition) is 1. The fourth-order valence-electron chi connectivity index (χ4n) is 3.44. The van der Waals surface area contributed by atoms with Gasteiger partial charge in [-0.2, -0.15) is 0 Å². The highest BCUT2D eigenvalue weighted by Gasteiger charge is 2.38. The summed E-state index contributed by atoms with van der Waals surface area (Å²) in [6.45, 7) is 3.72. The number of carbonyl (C=O) groups excluding carboxylic acids is 1. The second kappa shape index (κ2) is 6.15. The number of halogens is 1. The first kappa shape index (κ1) is 15.3. The van der Waals surface area contributed by atoms with E-state index in [1.165, 1.54) is 11.1 Å². The third-order valence-corrected chi connectivity index (χ3v) is 4.69. The van der Waals surface area contributed by atoms with E-state index in [0.29, 0.717) is 18.4 Å². The lowest BCUT2D eigenvalue weighted by Gasteiger charge is -2.42. The van der Waals surface area contributed by atoms with Crippen LogP contribution in [-0.4, -0.2) is 29.9 Å². The predicted octanol–water partition coefficient (Wildman–Crippen LogP) is 2.33. The molecule has 4 heteroatoms. The Morgan fingerprint density at radius 2 is 2.15 bits per heavy atom. The molecule has 0 radical (unpaired) electrons. The van der Waals surface area contributed by atoms with Gasteiger partial charge in [0.05, 0.1) is 5.92 Å². The first-order chi connectivity index (χ1) is 9.20. The molecule has 1 aliphatic heterocycles. The van der Waals surface area contributed by atoms with Gasteiger partial charge in [0.1, 0.15) is 0 Å². The van der Waals surface area contributed by atoms with Gasteiger partial charge in [-0.25, -0.2) is 0 Å². The van der Waals surface area contributed by atoms with Crippen LogP contribution >= 0.6 is 12.4 Å². The molecule has 20 heavy (non-hydrogen) atoms. The maximum Gasteiger partial charge on any atom is 0.230 e. The normalized spacial score (nSPS) is 28.1. The Morgan fingerprint density at radius 1 is 1.40 bits per heavy atom. The van der Waals surface area contributed by atoms with Crippen molar-refractivity contribution < 1.29 is 4.79 Å². The van der Waals surface area contributed by atoms with Gasteiger partial charge < -0.3 is 10.6 Å². The molecule has 0 spiro atoms. The molecule has 3 unspecified atom stereocenters. The molecule has 0 bridgehead atoms. The number of likely N-dealkylation sites (tertiary alicyclic amines) is 1. The summed E-state index contributed by atoms with van der Waals surface area (Å²) in [5, 5.41) is 0. The van der Waals surface area contributed by atoms with E-state index in [2.05, 4.69) is 19.1 Å². The van der Waals surface area contributed by atoms with Gasteiger partial charge in [0.15, 0.2) is 0 Å². The number of benzene rings is 1. The van der Waals surface area contributed by atoms with Crippen LogP contribution < -0.4 is 5.73 Å². The number of amides is 1. The van der Waals surface area contributed by atoms with Crippen molar-refractivity contribution in [2.45, 2.75) is 38.1 Å². The Kier molecular flexibility index (Phi) is 4.71. The molecule has 3 nitrogen and oxygen atoms in total. The fraction of sp³-hybridized carbons (Fsp3) is 0.562. The number of carbonyl (C=O) groups is 1. The third-order valence-electron chi connectivity index (χ3n) is 4.69. The van der Waals surface area contributed by atoms with E-state index in [1.54, 1.807) is 0 Å². The lowest BCUT2D eigenvalue weighted by Crippen LogP contribution is -2.52. The quantitative estimate of drug-likeness (QED) is 0.910. The molecule has 2 N–H and O–H groups in total. The largest absolute Gasteiger partial charge is 0.338 e. The predicted molar refractivity (Wildman–Crippen MR) is 83.1 cm³/mol. The molecule has 3 atom stereocenters. The van der Waals surface area contributed by atoms with Gasteiger partial charge in [-0.05, 0) is 36.3 Å². The second-order valence-corrected chi connectivity index (χ2v) is 6.01. The lowest BCUT2D eigenvalue weighted by molar-refractivity contribution is -0.137. The maximum atomic E-state index is 12.7. The van der Waals surface area contributed by atoms with E-state index >= 15 is 0 Å². The average Bonchev–Trinajstić information content (AvgIpc) is 2.39. The van der Waals surface area contributed by atoms with E-state index in [1.807, 2.05) is 17.0 Å². The van der Waals surface area contributed by atoms with Gasteiger partial charge in [-0.1, -0.05) is 31.2 Å². The molecule has 3 rings (SSSR count). The summed E-state index contributed by atoms with van der Waals surface area (Å²) in [7, 11) is 0. The van der Waals surface area contributed by atoms with Crippen molar-refractivity contribution in [2.75, 3.05) is 13.1 Å². The van der Waals surface area contributed by atoms with E-state index in [9.17, 15) is 4.79 Å². The molecule has 110 valence electrons. The third kappa shape index (κ3) is 2.57. The van der Waals surface area contributed by atoms with Gasteiger partial charge >= 0.3 is 0 Å². The van der Waals surface area contributed by atoms with Crippen LogP contribution in [0.15, 0.2) is 24.3 Å². The lowest BCUT2D eigenvalue weighted by atomic mass is 9.76. The van der Waals surface area contributed by atoms with Crippen molar-refractivity contribution in [3.05, 3.63) is 35.4 Å². The fourth-order valence-corrected chi connectivity index (χ4v) is 3.44. The Balaban J connectivity index is 0.00000147. The summed E-state index contributed by atoms with van der Waals surface area (Å²) >= 11 is 0. The van der Waals surface area contributed by atoms with Crippen molar-refractivity contribution in [2.24, 2.45) is 11.7 Å². The number of hydrogen-bond acceptors (Lipinski definition) is 2. The second-order valence-electron chi connectivity index (χ2n) is 6.01. The zero-order chi connectivity index (χ0) is 13.4.